The molecule has 1 aromatic carbocycles. The van der Waals surface area contributed by atoms with Crippen LogP contribution in [0.15, 0.2) is 23.0 Å². The van der Waals surface area contributed by atoms with Crippen LogP contribution in [0, 0.1) is 6.92 Å². The molecule has 0 spiro atoms. The summed E-state index contributed by atoms with van der Waals surface area (Å²) < 4.78 is 5.55. The zero-order valence-corrected chi connectivity index (χ0v) is 12.0. The molecule has 1 heterocycles. The second kappa shape index (κ2) is 6.74. The van der Waals surface area contributed by atoms with Crippen molar-refractivity contribution in [2.45, 2.75) is 26.8 Å². The molecule has 0 saturated carbocycles. The Labute approximate surface area is 121 Å². The Morgan fingerprint density at radius 3 is 2.86 bits per heavy atom. The van der Waals surface area contributed by atoms with E-state index in [2.05, 4.69) is 27.4 Å². The van der Waals surface area contributed by atoms with Gasteiger partial charge in [0.25, 0.3) is 5.91 Å². The van der Waals surface area contributed by atoms with Gasteiger partial charge in [-0.3, -0.25) is 9.78 Å². The quantitative estimate of drug-likeness (QED) is 0.742. The van der Waals surface area contributed by atoms with Crippen LogP contribution >= 0.6 is 0 Å². The van der Waals surface area contributed by atoms with Crippen molar-refractivity contribution in [3.8, 4) is 5.75 Å². The molecule has 0 fully saturated rings. The Morgan fingerprint density at radius 2 is 2.24 bits per heavy atom. The molecule has 21 heavy (non-hydrogen) atoms. The van der Waals surface area contributed by atoms with Crippen molar-refractivity contribution in [1.82, 2.24) is 20.5 Å². The van der Waals surface area contributed by atoms with Gasteiger partial charge in [-0.2, -0.15) is 0 Å². The maximum absolute atomic E-state index is 11.8. The lowest BCUT2D eigenvalue weighted by molar-refractivity contribution is 0.0941. The standard InChI is InChI=1S/C14H18N4O3/c1-3-6-21-11-5-4-10(9(2)7-11)8-15-13(19)12-16-14(20)18-17-12/h4-5,7H,3,6,8H2,1-2H3,(H,15,19)(H2,16,17,18,20). The minimum atomic E-state index is -0.506. The monoisotopic (exact) mass is 290 g/mol. The molecule has 3 N–H and O–H groups in total. The molecule has 0 aliphatic rings. The van der Waals surface area contributed by atoms with Gasteiger partial charge in [-0.05, 0) is 36.6 Å². The van der Waals surface area contributed by atoms with Gasteiger partial charge in [-0.15, -0.1) is 5.10 Å². The number of hydrogen-bond donors (Lipinski definition) is 3. The second-order valence-corrected chi connectivity index (χ2v) is 4.65. The number of H-pyrrole nitrogens is 2. The van der Waals surface area contributed by atoms with Crippen molar-refractivity contribution < 1.29 is 9.53 Å². The summed E-state index contributed by atoms with van der Waals surface area (Å²) in [6.45, 7) is 5.04. The topological polar surface area (TPSA) is 99.9 Å². The van der Waals surface area contributed by atoms with Crippen molar-refractivity contribution in [1.29, 1.82) is 0 Å². The van der Waals surface area contributed by atoms with Gasteiger partial charge in [0, 0.05) is 6.54 Å². The lowest BCUT2D eigenvalue weighted by Crippen LogP contribution is -2.24. The summed E-state index contributed by atoms with van der Waals surface area (Å²) in [4.78, 5) is 24.9. The smallest absolute Gasteiger partial charge is 0.341 e. The van der Waals surface area contributed by atoms with Gasteiger partial charge < -0.3 is 10.1 Å². The summed E-state index contributed by atoms with van der Waals surface area (Å²) >= 11 is 0. The van der Waals surface area contributed by atoms with Gasteiger partial charge in [0.2, 0.25) is 5.82 Å². The van der Waals surface area contributed by atoms with Crippen molar-refractivity contribution in [3.63, 3.8) is 0 Å². The average Bonchev–Trinajstić information content (AvgIpc) is 2.90. The molecule has 0 bridgehead atoms. The summed E-state index contributed by atoms with van der Waals surface area (Å²) in [5.41, 5.74) is 1.50. The first-order valence-electron chi connectivity index (χ1n) is 6.75. The minimum absolute atomic E-state index is 0.0273. The Morgan fingerprint density at radius 1 is 1.43 bits per heavy atom. The first kappa shape index (κ1) is 14.8. The zero-order chi connectivity index (χ0) is 15.2. The number of carbonyl (C=O) groups is 1. The number of aromatic amines is 2. The molecular formula is C14H18N4O3. The number of nitrogens with zero attached hydrogens (tertiary/aromatic N) is 1. The third-order valence-electron chi connectivity index (χ3n) is 2.94. The second-order valence-electron chi connectivity index (χ2n) is 4.65. The fourth-order valence-electron chi connectivity index (χ4n) is 1.81. The van der Waals surface area contributed by atoms with E-state index < -0.39 is 11.6 Å². The largest absolute Gasteiger partial charge is 0.494 e. The number of nitrogens with one attached hydrogen (secondary N) is 3. The maximum atomic E-state index is 11.8. The van der Waals surface area contributed by atoms with Gasteiger partial charge in [-0.1, -0.05) is 13.0 Å². The van der Waals surface area contributed by atoms with E-state index in [0.29, 0.717) is 13.2 Å². The van der Waals surface area contributed by atoms with Gasteiger partial charge in [0.05, 0.1) is 6.61 Å². The summed E-state index contributed by atoms with van der Waals surface area (Å²) in [7, 11) is 0. The van der Waals surface area contributed by atoms with Crippen molar-refractivity contribution in [3.05, 3.63) is 45.6 Å². The van der Waals surface area contributed by atoms with Gasteiger partial charge in [0.15, 0.2) is 0 Å². The van der Waals surface area contributed by atoms with E-state index >= 15 is 0 Å². The molecule has 0 aliphatic heterocycles. The van der Waals surface area contributed by atoms with Crippen molar-refractivity contribution in [2.24, 2.45) is 0 Å². The molecule has 1 amide bonds. The Balaban J connectivity index is 1.97. The molecule has 1 aromatic heterocycles. The number of aryl methyl sites for hydroxylation is 1. The molecule has 0 radical (unpaired) electrons. The highest BCUT2D eigenvalue weighted by molar-refractivity contribution is 5.90. The molecule has 0 saturated heterocycles. The SMILES string of the molecule is CCCOc1ccc(CNC(=O)c2n[nH]c(=O)[nH]2)c(C)c1. The fraction of sp³-hybridized carbons (Fsp3) is 0.357. The molecule has 112 valence electrons. The van der Waals surface area contributed by atoms with Crippen LogP contribution in [0.1, 0.15) is 35.1 Å². The minimum Gasteiger partial charge on any atom is -0.494 e. The van der Waals surface area contributed by atoms with Crippen LogP contribution in [0.2, 0.25) is 0 Å². The third-order valence-corrected chi connectivity index (χ3v) is 2.94. The average molecular weight is 290 g/mol. The van der Waals surface area contributed by atoms with Crippen molar-refractivity contribution in [2.75, 3.05) is 6.61 Å². The normalized spacial score (nSPS) is 10.4. The Kier molecular flexibility index (Phi) is 4.76. The number of carbonyl (C=O) groups excluding carboxylic acids is 1. The maximum Gasteiger partial charge on any atom is 0.341 e. The number of rotatable bonds is 6. The molecule has 0 aliphatic carbocycles. The first-order chi connectivity index (χ1) is 10.1. The third kappa shape index (κ3) is 3.95. The number of benzene rings is 1. The fourth-order valence-corrected chi connectivity index (χ4v) is 1.81. The van der Waals surface area contributed by atoms with Gasteiger partial charge in [-0.25, -0.2) is 9.89 Å². The lowest BCUT2D eigenvalue weighted by atomic mass is 10.1. The molecule has 7 nitrogen and oxygen atoms in total. The summed E-state index contributed by atoms with van der Waals surface area (Å²) in [5.74, 6) is 0.362. The molecule has 0 atom stereocenters. The van der Waals surface area contributed by atoms with Crippen LogP contribution in [0.4, 0.5) is 0 Å². The van der Waals surface area contributed by atoms with E-state index in [9.17, 15) is 9.59 Å². The van der Waals surface area contributed by atoms with E-state index in [1.807, 2.05) is 25.1 Å². The van der Waals surface area contributed by atoms with Crippen LogP contribution in [0.3, 0.4) is 0 Å². The van der Waals surface area contributed by atoms with Crippen LogP contribution in [0.25, 0.3) is 0 Å². The predicted octanol–water partition coefficient (Wildman–Crippen LogP) is 1.13. The molecule has 7 heteroatoms. The van der Waals surface area contributed by atoms with E-state index in [0.717, 1.165) is 23.3 Å². The zero-order valence-electron chi connectivity index (χ0n) is 12.0. The molecule has 2 aromatic rings. The first-order valence-corrected chi connectivity index (χ1v) is 6.75. The summed E-state index contributed by atoms with van der Waals surface area (Å²) in [5, 5.41) is 8.42. The number of ether oxygens (including phenoxy) is 1. The van der Waals surface area contributed by atoms with E-state index in [4.69, 9.17) is 4.74 Å². The Hall–Kier alpha value is -2.57. The van der Waals surface area contributed by atoms with Crippen LogP contribution in [-0.2, 0) is 6.54 Å². The van der Waals surface area contributed by atoms with E-state index in [1.54, 1.807) is 0 Å². The van der Waals surface area contributed by atoms with Crippen molar-refractivity contribution >= 4 is 5.91 Å². The molecule has 0 unspecified atom stereocenters. The Bertz CT molecular complexity index is 675. The van der Waals surface area contributed by atoms with Crippen LogP contribution < -0.4 is 15.7 Å². The highest BCUT2D eigenvalue weighted by atomic mass is 16.5. The van der Waals surface area contributed by atoms with E-state index in [1.165, 1.54) is 0 Å². The highest BCUT2D eigenvalue weighted by Crippen LogP contribution is 2.17. The molecule has 2 rings (SSSR count). The number of amides is 1. The number of aromatic nitrogens is 3. The van der Waals surface area contributed by atoms with Gasteiger partial charge >= 0.3 is 5.69 Å². The number of hydrogen-bond acceptors (Lipinski definition) is 4. The molecular weight excluding hydrogens is 272 g/mol. The van der Waals surface area contributed by atoms with Crippen LogP contribution in [-0.4, -0.2) is 27.7 Å². The highest BCUT2D eigenvalue weighted by Gasteiger charge is 2.10. The van der Waals surface area contributed by atoms with Gasteiger partial charge in [0.1, 0.15) is 5.75 Å². The lowest BCUT2D eigenvalue weighted by Gasteiger charge is -2.10. The van der Waals surface area contributed by atoms with Crippen LogP contribution in [0.5, 0.6) is 5.75 Å². The summed E-state index contributed by atoms with van der Waals surface area (Å²) in [6, 6.07) is 5.72. The van der Waals surface area contributed by atoms with E-state index in [-0.39, 0.29) is 5.82 Å². The predicted molar refractivity (Wildman–Crippen MR) is 77.3 cm³/mol. The summed E-state index contributed by atoms with van der Waals surface area (Å²) in [6.07, 6.45) is 0.957.